The Bertz CT molecular complexity index is 1230. The second-order valence-electron chi connectivity index (χ2n) is 10.3. The number of ether oxygens (including phenoxy) is 2. The zero-order chi connectivity index (χ0) is 25.3. The highest BCUT2D eigenvalue weighted by Gasteiger charge is 2.27. The van der Waals surface area contributed by atoms with Gasteiger partial charge in [-0.3, -0.25) is 9.38 Å². The van der Waals surface area contributed by atoms with Crippen molar-refractivity contribution in [1.82, 2.24) is 24.3 Å². The molecule has 0 bridgehead atoms. The van der Waals surface area contributed by atoms with Crippen LogP contribution in [0.15, 0.2) is 37.3 Å². The van der Waals surface area contributed by atoms with Gasteiger partial charge < -0.3 is 19.3 Å². The number of imidazole rings is 1. The minimum atomic E-state index is -0.490. The zero-order valence-corrected chi connectivity index (χ0v) is 21.3. The van der Waals surface area contributed by atoms with Gasteiger partial charge in [0.25, 0.3) is 0 Å². The Morgan fingerprint density at radius 1 is 1.11 bits per heavy atom. The first-order valence-electron chi connectivity index (χ1n) is 12.6. The Morgan fingerprint density at radius 3 is 2.50 bits per heavy atom. The third-order valence-corrected chi connectivity index (χ3v) is 6.66. The van der Waals surface area contributed by atoms with Gasteiger partial charge in [-0.25, -0.2) is 14.8 Å². The molecule has 5 rings (SSSR count). The van der Waals surface area contributed by atoms with E-state index in [9.17, 15) is 4.79 Å². The fraction of sp³-hybridized carbons (Fsp3) is 0.481. The monoisotopic (exact) mass is 490 g/mol. The van der Waals surface area contributed by atoms with Crippen molar-refractivity contribution in [2.75, 3.05) is 44.3 Å². The molecule has 0 atom stereocenters. The van der Waals surface area contributed by atoms with Crippen LogP contribution >= 0.6 is 0 Å². The van der Waals surface area contributed by atoms with Crippen molar-refractivity contribution >= 4 is 23.6 Å². The number of nitrogens with zero attached hydrogens (tertiary/aromatic N) is 6. The highest BCUT2D eigenvalue weighted by atomic mass is 16.6. The van der Waals surface area contributed by atoms with Gasteiger partial charge in [-0.1, -0.05) is 6.58 Å². The second kappa shape index (κ2) is 9.89. The van der Waals surface area contributed by atoms with Gasteiger partial charge in [0.2, 0.25) is 0 Å². The van der Waals surface area contributed by atoms with Crippen molar-refractivity contribution in [1.29, 1.82) is 0 Å². The molecule has 190 valence electrons. The third-order valence-electron chi connectivity index (χ3n) is 6.66. The summed E-state index contributed by atoms with van der Waals surface area (Å²) in [5.41, 5.74) is 4.13. The predicted octanol–water partition coefficient (Wildman–Crippen LogP) is 4.39. The summed E-state index contributed by atoms with van der Waals surface area (Å²) in [4.78, 5) is 30.7. The first kappa shape index (κ1) is 24.2. The fourth-order valence-electron chi connectivity index (χ4n) is 4.75. The van der Waals surface area contributed by atoms with E-state index in [0.717, 1.165) is 60.2 Å². The van der Waals surface area contributed by atoms with Crippen molar-refractivity contribution < 1.29 is 14.3 Å². The summed E-state index contributed by atoms with van der Waals surface area (Å²) in [5.74, 6) is 1.23. The van der Waals surface area contributed by atoms with Crippen LogP contribution in [0.4, 0.5) is 10.6 Å². The summed E-state index contributed by atoms with van der Waals surface area (Å²) in [5, 5.41) is 0. The number of anilines is 1. The van der Waals surface area contributed by atoms with E-state index < -0.39 is 5.60 Å². The van der Waals surface area contributed by atoms with E-state index in [1.807, 2.05) is 45.4 Å². The number of piperazine rings is 1. The van der Waals surface area contributed by atoms with Crippen LogP contribution in [0.5, 0.6) is 0 Å². The van der Waals surface area contributed by atoms with E-state index in [0.29, 0.717) is 32.1 Å². The molecule has 2 aliphatic heterocycles. The lowest BCUT2D eigenvalue weighted by molar-refractivity contribution is 0.0240. The molecule has 3 aromatic heterocycles. The third kappa shape index (κ3) is 5.06. The molecule has 0 aromatic carbocycles. The summed E-state index contributed by atoms with van der Waals surface area (Å²) in [6.07, 6.45) is 9.22. The van der Waals surface area contributed by atoms with Gasteiger partial charge in [0.05, 0.1) is 23.3 Å². The number of aromatic nitrogens is 4. The van der Waals surface area contributed by atoms with E-state index >= 15 is 0 Å². The lowest BCUT2D eigenvalue weighted by Crippen LogP contribution is -2.50. The van der Waals surface area contributed by atoms with Crippen molar-refractivity contribution in [2.45, 2.75) is 45.1 Å². The quantitative estimate of drug-likeness (QED) is 0.536. The smallest absolute Gasteiger partial charge is 0.410 e. The van der Waals surface area contributed by atoms with Crippen molar-refractivity contribution in [3.63, 3.8) is 0 Å². The molecule has 1 amide bonds. The maximum absolute atomic E-state index is 12.4. The van der Waals surface area contributed by atoms with E-state index in [1.54, 1.807) is 11.0 Å². The maximum Gasteiger partial charge on any atom is 0.410 e. The normalized spacial score (nSPS) is 17.4. The summed E-state index contributed by atoms with van der Waals surface area (Å²) < 4.78 is 13.1. The lowest BCUT2D eigenvalue weighted by Gasteiger charge is -2.36. The van der Waals surface area contributed by atoms with Crippen LogP contribution in [0.3, 0.4) is 0 Å². The maximum atomic E-state index is 12.4. The first-order valence-corrected chi connectivity index (χ1v) is 12.6. The second-order valence-corrected chi connectivity index (χ2v) is 10.3. The summed E-state index contributed by atoms with van der Waals surface area (Å²) in [6, 6.07) is 4.10. The SMILES string of the molecule is C=Cc1cn2c(-c3ccc(N4CCN(C(=O)OC(C)(C)C)CC4)nc3)cnc(C3CCOCC3)c2n1. The standard InChI is InChI=1S/C27H34N6O3/c1-5-21-18-33-22(17-29-24(25(33)30-21)19-8-14-35-15-9-19)20-6-7-23(28-16-20)31-10-12-32(13-11-31)26(34)36-27(2,3)4/h5-7,16-19H,1,8-15H2,2-4H3. The van der Waals surface area contributed by atoms with Crippen molar-refractivity contribution in [3.8, 4) is 11.3 Å². The molecule has 2 aliphatic rings. The van der Waals surface area contributed by atoms with Gasteiger partial charge in [-0.2, -0.15) is 0 Å². The molecule has 3 aromatic rings. The Kier molecular flexibility index (Phi) is 6.66. The van der Waals surface area contributed by atoms with Crippen LogP contribution in [0.2, 0.25) is 0 Å². The zero-order valence-electron chi connectivity index (χ0n) is 21.3. The number of carbonyl (C=O) groups excluding carboxylic acids is 1. The van der Waals surface area contributed by atoms with Crippen LogP contribution in [-0.2, 0) is 9.47 Å². The summed E-state index contributed by atoms with van der Waals surface area (Å²) in [7, 11) is 0. The van der Waals surface area contributed by atoms with E-state index in [2.05, 4.69) is 21.9 Å². The molecule has 0 unspecified atom stereocenters. The van der Waals surface area contributed by atoms with E-state index in [-0.39, 0.29) is 6.09 Å². The molecule has 2 fully saturated rings. The number of hydrogen-bond donors (Lipinski definition) is 0. The molecule has 0 aliphatic carbocycles. The molecular weight excluding hydrogens is 456 g/mol. The summed E-state index contributed by atoms with van der Waals surface area (Å²) in [6.45, 7) is 13.7. The average Bonchev–Trinajstić information content (AvgIpc) is 3.33. The number of carbonyl (C=O) groups is 1. The minimum Gasteiger partial charge on any atom is -0.444 e. The van der Waals surface area contributed by atoms with Gasteiger partial charge in [0, 0.05) is 63.3 Å². The Morgan fingerprint density at radius 2 is 1.86 bits per heavy atom. The number of amides is 1. The highest BCUT2D eigenvalue weighted by Crippen LogP contribution is 2.31. The Hall–Kier alpha value is -3.46. The number of rotatable bonds is 4. The summed E-state index contributed by atoms with van der Waals surface area (Å²) >= 11 is 0. The highest BCUT2D eigenvalue weighted by molar-refractivity contribution is 5.69. The predicted molar refractivity (Wildman–Crippen MR) is 139 cm³/mol. The van der Waals surface area contributed by atoms with Crippen LogP contribution < -0.4 is 4.90 Å². The van der Waals surface area contributed by atoms with Gasteiger partial charge in [-0.05, 0) is 51.8 Å². The molecule has 9 heteroatoms. The van der Waals surface area contributed by atoms with Gasteiger partial charge in [0.15, 0.2) is 5.65 Å². The molecule has 2 saturated heterocycles. The number of fused-ring (bicyclic) bond motifs is 1. The molecule has 9 nitrogen and oxygen atoms in total. The van der Waals surface area contributed by atoms with Gasteiger partial charge in [0.1, 0.15) is 11.4 Å². The first-order chi connectivity index (χ1) is 17.3. The fourth-order valence-corrected chi connectivity index (χ4v) is 4.75. The minimum absolute atomic E-state index is 0.259. The number of pyridine rings is 1. The molecule has 5 heterocycles. The van der Waals surface area contributed by atoms with Crippen molar-refractivity contribution in [2.24, 2.45) is 0 Å². The van der Waals surface area contributed by atoms with E-state index in [1.165, 1.54) is 0 Å². The average molecular weight is 491 g/mol. The van der Waals surface area contributed by atoms with Crippen LogP contribution in [0.25, 0.3) is 23.0 Å². The van der Waals surface area contributed by atoms with Crippen molar-refractivity contribution in [3.05, 3.63) is 48.7 Å². The van der Waals surface area contributed by atoms with Gasteiger partial charge >= 0.3 is 6.09 Å². The van der Waals surface area contributed by atoms with Crippen LogP contribution in [-0.4, -0.2) is 75.3 Å². The largest absolute Gasteiger partial charge is 0.444 e. The number of hydrogen-bond acceptors (Lipinski definition) is 7. The Balaban J connectivity index is 1.34. The lowest BCUT2D eigenvalue weighted by atomic mass is 9.96. The molecular formula is C27H34N6O3. The van der Waals surface area contributed by atoms with Gasteiger partial charge in [-0.15, -0.1) is 0 Å². The molecule has 0 radical (unpaired) electrons. The molecule has 0 N–H and O–H groups in total. The molecule has 36 heavy (non-hydrogen) atoms. The van der Waals surface area contributed by atoms with Crippen LogP contribution in [0.1, 0.15) is 50.9 Å². The molecule has 0 spiro atoms. The van der Waals surface area contributed by atoms with Crippen LogP contribution in [0, 0.1) is 0 Å². The van der Waals surface area contributed by atoms with E-state index in [4.69, 9.17) is 24.4 Å². The Labute approximate surface area is 211 Å². The molecule has 0 saturated carbocycles. The topological polar surface area (TPSA) is 85.1 Å².